The maximum absolute atomic E-state index is 12.8. The number of carbonyl (C=O) groups is 1. The van der Waals surface area contributed by atoms with Crippen LogP contribution in [-0.2, 0) is 16.0 Å². The van der Waals surface area contributed by atoms with Crippen LogP contribution in [0.4, 0.5) is 4.39 Å². The van der Waals surface area contributed by atoms with Crippen LogP contribution in [0.3, 0.4) is 0 Å². The summed E-state index contributed by atoms with van der Waals surface area (Å²) in [5, 5.41) is -0.753. The van der Waals surface area contributed by atoms with Gasteiger partial charge in [0.1, 0.15) is 11.2 Å². The number of hydrogen-bond donors (Lipinski definition) is 0. The van der Waals surface area contributed by atoms with Crippen LogP contribution in [0.15, 0.2) is 22.7 Å². The second kappa shape index (κ2) is 5.47. The number of rotatable bonds is 3. The van der Waals surface area contributed by atoms with Gasteiger partial charge in [0.2, 0.25) is 0 Å². The lowest BCUT2D eigenvalue weighted by Gasteiger charge is -2.08. The highest BCUT2D eigenvalue weighted by atomic mass is 79.9. The van der Waals surface area contributed by atoms with Gasteiger partial charge in [0, 0.05) is 10.9 Å². The smallest absolute Gasteiger partial charge is 0.324 e. The summed E-state index contributed by atoms with van der Waals surface area (Å²) in [7, 11) is 1.28. The molecule has 0 aliphatic heterocycles. The van der Waals surface area contributed by atoms with Crippen molar-refractivity contribution in [3.8, 4) is 0 Å². The Morgan fingerprint density at radius 3 is 2.87 bits per heavy atom. The zero-order chi connectivity index (χ0) is 11.4. The minimum absolute atomic E-state index is 0.301. The van der Waals surface area contributed by atoms with E-state index in [2.05, 4.69) is 20.7 Å². The summed E-state index contributed by atoms with van der Waals surface area (Å²) in [6.07, 6.45) is 0.301. The van der Waals surface area contributed by atoms with Gasteiger partial charge in [0.05, 0.1) is 7.11 Å². The van der Waals surface area contributed by atoms with Crippen molar-refractivity contribution in [2.45, 2.75) is 11.8 Å². The highest BCUT2D eigenvalue weighted by molar-refractivity contribution is 9.10. The van der Waals surface area contributed by atoms with E-state index in [-0.39, 0.29) is 5.82 Å². The Labute approximate surface area is 101 Å². The predicted octanol–water partition coefficient (Wildman–Crippen LogP) is 2.91. The van der Waals surface area contributed by atoms with Crippen LogP contribution in [0.25, 0.3) is 0 Å². The van der Waals surface area contributed by atoms with Gasteiger partial charge in [-0.05, 0) is 17.7 Å². The summed E-state index contributed by atoms with van der Waals surface area (Å²) in [6.45, 7) is 0. The molecule has 1 aromatic carbocycles. The van der Waals surface area contributed by atoms with Crippen LogP contribution in [-0.4, -0.2) is 18.5 Å². The lowest BCUT2D eigenvalue weighted by Crippen LogP contribution is -2.18. The molecule has 0 aromatic heterocycles. The van der Waals surface area contributed by atoms with Crippen LogP contribution < -0.4 is 0 Å². The standard InChI is InChI=1S/C10H9BrClFO2/c1-15-10(14)9(12)4-6-2-3-7(13)5-8(6)11/h2-3,5,9H,4H2,1H3. The van der Waals surface area contributed by atoms with Crippen molar-refractivity contribution >= 4 is 33.5 Å². The Morgan fingerprint density at radius 1 is 1.67 bits per heavy atom. The zero-order valence-electron chi connectivity index (χ0n) is 7.97. The van der Waals surface area contributed by atoms with E-state index in [9.17, 15) is 9.18 Å². The fourth-order valence-corrected chi connectivity index (χ4v) is 1.86. The van der Waals surface area contributed by atoms with E-state index >= 15 is 0 Å². The van der Waals surface area contributed by atoms with Crippen molar-refractivity contribution in [2.75, 3.05) is 7.11 Å². The van der Waals surface area contributed by atoms with Crippen LogP contribution in [0, 0.1) is 5.82 Å². The molecule has 0 spiro atoms. The number of benzene rings is 1. The van der Waals surface area contributed by atoms with Gasteiger partial charge in [0.15, 0.2) is 0 Å². The largest absolute Gasteiger partial charge is 0.468 e. The molecule has 1 unspecified atom stereocenters. The fourth-order valence-electron chi connectivity index (χ4n) is 1.09. The van der Waals surface area contributed by atoms with Crippen molar-refractivity contribution < 1.29 is 13.9 Å². The Bertz CT molecular complexity index is 370. The maximum atomic E-state index is 12.8. The van der Waals surface area contributed by atoms with Crippen LogP contribution >= 0.6 is 27.5 Å². The molecule has 0 aliphatic rings. The molecule has 15 heavy (non-hydrogen) atoms. The van der Waals surface area contributed by atoms with Crippen LogP contribution in [0.2, 0.25) is 0 Å². The Hall–Kier alpha value is -0.610. The van der Waals surface area contributed by atoms with Crippen molar-refractivity contribution in [3.63, 3.8) is 0 Å². The first-order valence-corrected chi connectivity index (χ1v) is 5.43. The summed E-state index contributed by atoms with van der Waals surface area (Å²) < 4.78 is 17.8. The molecule has 1 rings (SSSR count). The second-order valence-electron chi connectivity index (χ2n) is 2.93. The monoisotopic (exact) mass is 294 g/mol. The zero-order valence-corrected chi connectivity index (χ0v) is 10.3. The molecular weight excluding hydrogens is 286 g/mol. The average Bonchev–Trinajstić information content (AvgIpc) is 2.20. The molecule has 0 fully saturated rings. The molecule has 82 valence electrons. The first-order chi connectivity index (χ1) is 7.04. The molecule has 0 saturated heterocycles. The Morgan fingerprint density at radius 2 is 2.33 bits per heavy atom. The third kappa shape index (κ3) is 3.47. The third-order valence-corrected chi connectivity index (χ3v) is 2.94. The highest BCUT2D eigenvalue weighted by Crippen LogP contribution is 2.21. The van der Waals surface area contributed by atoms with Crippen molar-refractivity contribution in [1.29, 1.82) is 0 Å². The van der Waals surface area contributed by atoms with Crippen molar-refractivity contribution in [1.82, 2.24) is 0 Å². The first-order valence-electron chi connectivity index (χ1n) is 4.20. The number of methoxy groups -OCH3 is 1. The van der Waals surface area contributed by atoms with E-state index in [1.807, 2.05) is 0 Å². The lowest BCUT2D eigenvalue weighted by molar-refractivity contribution is -0.140. The van der Waals surface area contributed by atoms with E-state index in [0.717, 1.165) is 5.56 Å². The van der Waals surface area contributed by atoms with Crippen LogP contribution in [0.1, 0.15) is 5.56 Å². The van der Waals surface area contributed by atoms with Gasteiger partial charge in [-0.25, -0.2) is 4.39 Å². The average molecular weight is 296 g/mol. The summed E-state index contributed by atoms with van der Waals surface area (Å²) in [5.74, 6) is -0.831. The van der Waals surface area contributed by atoms with Gasteiger partial charge in [-0.1, -0.05) is 22.0 Å². The number of hydrogen-bond acceptors (Lipinski definition) is 2. The van der Waals surface area contributed by atoms with E-state index in [1.165, 1.54) is 19.2 Å². The van der Waals surface area contributed by atoms with Crippen LogP contribution in [0.5, 0.6) is 0 Å². The predicted molar refractivity (Wildman–Crippen MR) is 59.5 cm³/mol. The number of carbonyl (C=O) groups excluding carboxylic acids is 1. The maximum Gasteiger partial charge on any atom is 0.324 e. The van der Waals surface area contributed by atoms with E-state index in [4.69, 9.17) is 11.6 Å². The molecule has 0 aliphatic carbocycles. The van der Waals surface area contributed by atoms with Crippen molar-refractivity contribution in [3.05, 3.63) is 34.1 Å². The lowest BCUT2D eigenvalue weighted by atomic mass is 10.1. The van der Waals surface area contributed by atoms with Gasteiger partial charge in [-0.3, -0.25) is 4.79 Å². The van der Waals surface area contributed by atoms with Gasteiger partial charge >= 0.3 is 5.97 Å². The molecule has 0 N–H and O–H groups in total. The molecule has 0 bridgehead atoms. The number of halogens is 3. The molecule has 1 aromatic rings. The molecule has 1 atom stereocenters. The highest BCUT2D eigenvalue weighted by Gasteiger charge is 2.17. The first kappa shape index (κ1) is 12.5. The van der Waals surface area contributed by atoms with Gasteiger partial charge in [-0.15, -0.1) is 11.6 Å². The molecule has 0 saturated carbocycles. The minimum atomic E-state index is -0.753. The third-order valence-electron chi connectivity index (χ3n) is 1.87. The van der Waals surface area contributed by atoms with E-state index in [0.29, 0.717) is 10.9 Å². The van der Waals surface area contributed by atoms with E-state index in [1.54, 1.807) is 6.07 Å². The second-order valence-corrected chi connectivity index (χ2v) is 4.31. The number of ether oxygens (including phenoxy) is 1. The fraction of sp³-hybridized carbons (Fsp3) is 0.300. The summed E-state index contributed by atoms with van der Waals surface area (Å²) in [6, 6.07) is 4.23. The van der Waals surface area contributed by atoms with Gasteiger partial charge in [-0.2, -0.15) is 0 Å². The topological polar surface area (TPSA) is 26.3 Å². The number of esters is 1. The molecule has 0 heterocycles. The Balaban J connectivity index is 2.76. The Kier molecular flexibility index (Phi) is 4.54. The quantitative estimate of drug-likeness (QED) is 0.633. The van der Waals surface area contributed by atoms with Gasteiger partial charge < -0.3 is 4.74 Å². The van der Waals surface area contributed by atoms with E-state index < -0.39 is 11.3 Å². The SMILES string of the molecule is COC(=O)C(Cl)Cc1ccc(F)cc1Br. The number of alkyl halides is 1. The minimum Gasteiger partial charge on any atom is -0.468 e. The van der Waals surface area contributed by atoms with Gasteiger partial charge in [0.25, 0.3) is 0 Å². The molecule has 5 heteroatoms. The summed E-state index contributed by atoms with van der Waals surface area (Å²) in [5.41, 5.74) is 0.766. The normalized spacial score (nSPS) is 12.3. The summed E-state index contributed by atoms with van der Waals surface area (Å²) in [4.78, 5) is 11.1. The molecular formula is C10H9BrClFO2. The summed E-state index contributed by atoms with van der Waals surface area (Å²) >= 11 is 8.98. The molecule has 0 radical (unpaired) electrons. The van der Waals surface area contributed by atoms with Crippen molar-refractivity contribution in [2.24, 2.45) is 0 Å². The molecule has 2 nitrogen and oxygen atoms in total. The molecule has 0 amide bonds.